The number of carbonyl (C=O) groups excluding carboxylic acids is 1. The molecule has 0 unspecified atom stereocenters. The third-order valence-electron chi connectivity index (χ3n) is 7.93. The lowest BCUT2D eigenvalue weighted by Gasteiger charge is -2.43. The zero-order chi connectivity index (χ0) is 18.9. The fourth-order valence-electron chi connectivity index (χ4n) is 6.16. The van der Waals surface area contributed by atoms with Crippen molar-refractivity contribution >= 4 is 5.91 Å². The number of likely N-dealkylation sites (tertiary alicyclic amines) is 1. The summed E-state index contributed by atoms with van der Waals surface area (Å²) < 4.78 is 2.27. The van der Waals surface area contributed by atoms with E-state index in [0.29, 0.717) is 11.8 Å². The highest BCUT2D eigenvalue weighted by molar-refractivity contribution is 5.81. The first-order valence-corrected chi connectivity index (χ1v) is 10.8. The number of aromatic nitrogens is 2. The van der Waals surface area contributed by atoms with Gasteiger partial charge in [-0.25, -0.2) is 4.98 Å². The van der Waals surface area contributed by atoms with Gasteiger partial charge in [0.05, 0.1) is 30.4 Å². The summed E-state index contributed by atoms with van der Waals surface area (Å²) in [6.45, 7) is 1.63. The number of imidazole rings is 1. The molecule has 6 rings (SSSR count). The van der Waals surface area contributed by atoms with Crippen LogP contribution in [0.15, 0.2) is 36.8 Å². The van der Waals surface area contributed by atoms with Crippen LogP contribution < -0.4 is 0 Å². The second kappa shape index (κ2) is 5.93. The SMILES string of the molecule is O=C(C1CC1)N1CCC2(CC[C@@H]([C@H]3c4ccccc4-c4cncn43)[C@H]2O)CC1. The minimum atomic E-state index is -0.322. The minimum Gasteiger partial charge on any atom is -0.392 e. The highest BCUT2D eigenvalue weighted by atomic mass is 16.3. The largest absolute Gasteiger partial charge is 0.392 e. The van der Waals surface area contributed by atoms with Gasteiger partial charge in [-0.05, 0) is 44.1 Å². The van der Waals surface area contributed by atoms with Gasteiger partial charge in [-0.1, -0.05) is 24.3 Å². The third-order valence-corrected chi connectivity index (χ3v) is 7.93. The van der Waals surface area contributed by atoms with Crippen molar-refractivity contribution < 1.29 is 9.90 Å². The van der Waals surface area contributed by atoms with E-state index >= 15 is 0 Å². The molecule has 1 spiro atoms. The quantitative estimate of drug-likeness (QED) is 0.874. The van der Waals surface area contributed by atoms with Crippen LogP contribution in [0, 0.1) is 17.3 Å². The average molecular weight is 377 g/mol. The first-order chi connectivity index (χ1) is 13.7. The molecule has 2 aliphatic carbocycles. The van der Waals surface area contributed by atoms with E-state index < -0.39 is 0 Å². The minimum absolute atomic E-state index is 0.0245. The van der Waals surface area contributed by atoms with E-state index in [1.807, 2.05) is 12.5 Å². The van der Waals surface area contributed by atoms with Gasteiger partial charge >= 0.3 is 0 Å². The molecule has 3 heterocycles. The summed E-state index contributed by atoms with van der Waals surface area (Å²) in [5, 5.41) is 11.5. The molecule has 1 N–H and O–H groups in total. The Morgan fingerprint density at radius 1 is 1.11 bits per heavy atom. The van der Waals surface area contributed by atoms with Gasteiger partial charge < -0.3 is 14.6 Å². The molecule has 1 aromatic carbocycles. The number of piperidine rings is 1. The molecular formula is C23H27N3O2. The molecule has 28 heavy (non-hydrogen) atoms. The Balaban J connectivity index is 1.26. The normalized spacial score (nSPS) is 30.5. The van der Waals surface area contributed by atoms with E-state index in [-0.39, 0.29) is 23.5 Å². The summed E-state index contributed by atoms with van der Waals surface area (Å²) in [6.07, 6.45) is 9.66. The third kappa shape index (κ3) is 2.29. The number of fused-ring (bicyclic) bond motifs is 3. The van der Waals surface area contributed by atoms with Crippen molar-refractivity contribution in [3.05, 3.63) is 42.4 Å². The van der Waals surface area contributed by atoms with E-state index in [9.17, 15) is 9.90 Å². The number of aliphatic hydroxyl groups is 1. The molecule has 2 aromatic rings. The van der Waals surface area contributed by atoms with Gasteiger partial charge in [-0.3, -0.25) is 4.79 Å². The number of amides is 1. The first kappa shape index (κ1) is 16.8. The van der Waals surface area contributed by atoms with Crippen molar-refractivity contribution in [2.24, 2.45) is 17.3 Å². The number of aliphatic hydroxyl groups excluding tert-OH is 1. The Labute approximate surface area is 165 Å². The molecule has 0 bridgehead atoms. The maximum atomic E-state index is 12.4. The van der Waals surface area contributed by atoms with Crippen molar-refractivity contribution in [2.75, 3.05) is 13.1 Å². The van der Waals surface area contributed by atoms with Crippen LogP contribution in [0.4, 0.5) is 0 Å². The summed E-state index contributed by atoms with van der Waals surface area (Å²) in [5.74, 6) is 0.860. The summed E-state index contributed by atoms with van der Waals surface area (Å²) in [6, 6.07) is 8.74. The van der Waals surface area contributed by atoms with Gasteiger partial charge in [-0.2, -0.15) is 0 Å². The Morgan fingerprint density at radius 3 is 2.68 bits per heavy atom. The molecule has 1 amide bonds. The Morgan fingerprint density at radius 2 is 1.89 bits per heavy atom. The predicted molar refractivity (Wildman–Crippen MR) is 106 cm³/mol. The monoisotopic (exact) mass is 377 g/mol. The lowest BCUT2D eigenvalue weighted by Crippen LogP contribution is -2.48. The molecule has 1 saturated heterocycles. The Bertz CT molecular complexity index is 923. The van der Waals surface area contributed by atoms with Crippen LogP contribution in [-0.4, -0.2) is 44.7 Å². The van der Waals surface area contributed by atoms with Crippen LogP contribution in [0.25, 0.3) is 11.3 Å². The molecule has 4 aliphatic rings. The molecule has 3 fully saturated rings. The van der Waals surface area contributed by atoms with Gasteiger partial charge in [0.15, 0.2) is 0 Å². The van der Waals surface area contributed by atoms with Crippen molar-refractivity contribution in [3.63, 3.8) is 0 Å². The molecule has 5 heteroatoms. The Kier molecular flexibility index (Phi) is 3.55. The molecule has 146 valence electrons. The van der Waals surface area contributed by atoms with E-state index in [2.05, 4.69) is 38.7 Å². The lowest BCUT2D eigenvalue weighted by atomic mass is 9.73. The topological polar surface area (TPSA) is 58.4 Å². The molecule has 1 aromatic heterocycles. The predicted octanol–water partition coefficient (Wildman–Crippen LogP) is 3.24. The van der Waals surface area contributed by atoms with Crippen LogP contribution in [-0.2, 0) is 4.79 Å². The molecule has 3 atom stereocenters. The van der Waals surface area contributed by atoms with Gasteiger partial charge in [0.2, 0.25) is 5.91 Å². The number of benzene rings is 1. The van der Waals surface area contributed by atoms with Gasteiger partial charge in [-0.15, -0.1) is 0 Å². The fraction of sp³-hybridized carbons (Fsp3) is 0.565. The van der Waals surface area contributed by atoms with Gasteiger partial charge in [0.25, 0.3) is 0 Å². The smallest absolute Gasteiger partial charge is 0.225 e. The maximum absolute atomic E-state index is 12.4. The highest BCUT2D eigenvalue weighted by Gasteiger charge is 2.53. The van der Waals surface area contributed by atoms with Gasteiger partial charge in [0, 0.05) is 35.9 Å². The molecule has 5 nitrogen and oxygen atoms in total. The van der Waals surface area contributed by atoms with E-state index in [1.54, 1.807) is 0 Å². The van der Waals surface area contributed by atoms with Crippen molar-refractivity contribution in [2.45, 2.75) is 50.7 Å². The number of nitrogens with zero attached hydrogens (tertiary/aromatic N) is 3. The van der Waals surface area contributed by atoms with Crippen LogP contribution in [0.1, 0.15) is 50.1 Å². The summed E-state index contributed by atoms with van der Waals surface area (Å²) in [4.78, 5) is 18.9. The van der Waals surface area contributed by atoms with Crippen LogP contribution in [0.3, 0.4) is 0 Å². The summed E-state index contributed by atoms with van der Waals surface area (Å²) in [7, 11) is 0. The molecular weight excluding hydrogens is 350 g/mol. The second-order valence-electron chi connectivity index (χ2n) is 9.33. The zero-order valence-electron chi connectivity index (χ0n) is 16.1. The van der Waals surface area contributed by atoms with Crippen LogP contribution in [0.2, 0.25) is 0 Å². The van der Waals surface area contributed by atoms with Crippen LogP contribution >= 0.6 is 0 Å². The van der Waals surface area contributed by atoms with Crippen molar-refractivity contribution in [1.29, 1.82) is 0 Å². The fourth-order valence-corrected chi connectivity index (χ4v) is 6.16. The van der Waals surface area contributed by atoms with Gasteiger partial charge in [0.1, 0.15) is 0 Å². The average Bonchev–Trinajstić information content (AvgIpc) is 3.29. The standard InChI is InChI=1S/C23H27N3O2/c27-21-18(20-17-4-2-1-3-16(17)19-13-24-14-26(19)20)7-8-23(21)9-11-25(12-10-23)22(28)15-5-6-15/h1-4,13-15,18,20-21,27H,5-12H2/t18-,20+,21+/m0/s1. The second-order valence-corrected chi connectivity index (χ2v) is 9.33. The number of hydrogen-bond acceptors (Lipinski definition) is 3. The first-order valence-electron chi connectivity index (χ1n) is 10.8. The summed E-state index contributed by atoms with van der Waals surface area (Å²) >= 11 is 0. The summed E-state index contributed by atoms with van der Waals surface area (Å²) in [5.41, 5.74) is 3.72. The number of carbonyl (C=O) groups is 1. The molecule has 2 aliphatic heterocycles. The lowest BCUT2D eigenvalue weighted by molar-refractivity contribution is -0.136. The number of hydrogen-bond donors (Lipinski definition) is 1. The van der Waals surface area contributed by atoms with E-state index in [4.69, 9.17) is 0 Å². The number of rotatable bonds is 2. The van der Waals surface area contributed by atoms with E-state index in [0.717, 1.165) is 51.6 Å². The van der Waals surface area contributed by atoms with Crippen molar-refractivity contribution in [1.82, 2.24) is 14.5 Å². The highest BCUT2D eigenvalue weighted by Crippen LogP contribution is 2.56. The van der Waals surface area contributed by atoms with Crippen LogP contribution in [0.5, 0.6) is 0 Å². The molecule has 2 saturated carbocycles. The molecule has 0 radical (unpaired) electrons. The Hall–Kier alpha value is -2.14. The maximum Gasteiger partial charge on any atom is 0.225 e. The van der Waals surface area contributed by atoms with Crippen molar-refractivity contribution in [3.8, 4) is 11.3 Å². The zero-order valence-corrected chi connectivity index (χ0v) is 16.1. The van der Waals surface area contributed by atoms with E-state index in [1.165, 1.54) is 16.8 Å².